The van der Waals surface area contributed by atoms with Crippen molar-refractivity contribution in [3.63, 3.8) is 0 Å². The molecule has 1 aromatic heterocycles. The summed E-state index contributed by atoms with van der Waals surface area (Å²) in [6.45, 7) is 7.53. The van der Waals surface area contributed by atoms with Crippen molar-refractivity contribution in [3.05, 3.63) is 5.89 Å². The Hall–Kier alpha value is -1.14. The fourth-order valence-electron chi connectivity index (χ4n) is 1.49. The zero-order valence-corrected chi connectivity index (χ0v) is 11.0. The Morgan fingerprint density at radius 2 is 2.12 bits per heavy atom. The first-order valence-electron chi connectivity index (χ1n) is 5.89. The molecule has 0 unspecified atom stereocenters. The minimum Gasteiger partial charge on any atom is -0.407 e. The van der Waals surface area contributed by atoms with Gasteiger partial charge in [0.2, 0.25) is 5.89 Å². The highest BCUT2D eigenvalue weighted by atomic mass is 16.4. The van der Waals surface area contributed by atoms with Crippen molar-refractivity contribution in [2.45, 2.75) is 39.3 Å². The Labute approximate surface area is 102 Å². The van der Waals surface area contributed by atoms with Crippen LogP contribution in [0.4, 0.5) is 6.01 Å². The topological polar surface area (TPSA) is 74.4 Å². The van der Waals surface area contributed by atoms with Crippen molar-refractivity contribution in [2.24, 2.45) is 0 Å². The van der Waals surface area contributed by atoms with Gasteiger partial charge in [0.1, 0.15) is 0 Å². The van der Waals surface area contributed by atoms with Gasteiger partial charge in [-0.15, -0.1) is 5.10 Å². The molecule has 0 radical (unpaired) electrons. The van der Waals surface area contributed by atoms with Crippen LogP contribution in [0.1, 0.15) is 33.1 Å². The summed E-state index contributed by atoms with van der Waals surface area (Å²) in [5.74, 6) is 0.566. The molecule has 0 bridgehead atoms. The Bertz CT molecular complexity index is 332. The van der Waals surface area contributed by atoms with Crippen LogP contribution in [0, 0.1) is 0 Å². The molecule has 1 aromatic rings. The number of likely N-dealkylation sites (N-methyl/N-ethyl adjacent to an activating group) is 1. The van der Waals surface area contributed by atoms with Crippen molar-refractivity contribution in [1.82, 2.24) is 15.5 Å². The van der Waals surface area contributed by atoms with Gasteiger partial charge in [0.05, 0.1) is 18.7 Å². The normalized spacial score (nSPS) is 11.8. The lowest BCUT2D eigenvalue weighted by Gasteiger charge is -2.23. The Morgan fingerprint density at radius 1 is 1.41 bits per heavy atom. The molecular weight excluding hydrogens is 220 g/mol. The van der Waals surface area contributed by atoms with Gasteiger partial charge in [0, 0.05) is 7.05 Å². The lowest BCUT2D eigenvalue weighted by atomic mass is 10.1. The number of hydrogen-bond donors (Lipinski definition) is 2. The van der Waals surface area contributed by atoms with Crippen LogP contribution in [0.3, 0.4) is 0 Å². The van der Waals surface area contributed by atoms with Crippen LogP contribution in [0.2, 0.25) is 0 Å². The average Bonchev–Trinajstić information content (AvgIpc) is 2.64. The molecule has 1 heterocycles. The zero-order chi connectivity index (χ0) is 12.9. The van der Waals surface area contributed by atoms with Gasteiger partial charge >= 0.3 is 6.01 Å². The first-order chi connectivity index (χ1) is 7.92. The van der Waals surface area contributed by atoms with E-state index in [1.165, 1.54) is 0 Å². The van der Waals surface area contributed by atoms with E-state index in [0.717, 1.165) is 13.0 Å². The van der Waals surface area contributed by atoms with Gasteiger partial charge in [0.15, 0.2) is 0 Å². The summed E-state index contributed by atoms with van der Waals surface area (Å²) >= 11 is 0. The zero-order valence-electron chi connectivity index (χ0n) is 11.0. The standard InChI is InChI=1S/C11H22N4O2/c1-5-6-12-7-9-13-14-10(17-9)15(4)8-11(2,3)16/h12,16H,5-8H2,1-4H3. The van der Waals surface area contributed by atoms with Crippen LogP contribution in [0.25, 0.3) is 0 Å². The SMILES string of the molecule is CCCNCc1nnc(N(C)CC(C)(C)O)o1. The molecular formula is C11H22N4O2. The third-order valence-corrected chi connectivity index (χ3v) is 2.11. The highest BCUT2D eigenvalue weighted by Gasteiger charge is 2.19. The number of hydrogen-bond acceptors (Lipinski definition) is 6. The lowest BCUT2D eigenvalue weighted by Crippen LogP contribution is -2.36. The van der Waals surface area contributed by atoms with Crippen molar-refractivity contribution in [2.75, 3.05) is 25.0 Å². The smallest absolute Gasteiger partial charge is 0.318 e. The van der Waals surface area contributed by atoms with Gasteiger partial charge in [-0.25, -0.2) is 0 Å². The summed E-state index contributed by atoms with van der Waals surface area (Å²) in [7, 11) is 1.81. The third kappa shape index (κ3) is 5.14. The molecule has 0 saturated carbocycles. The second-order valence-corrected chi connectivity index (χ2v) is 4.82. The maximum absolute atomic E-state index is 9.69. The molecule has 0 fully saturated rings. The summed E-state index contributed by atoms with van der Waals surface area (Å²) in [6, 6.07) is 0.431. The minimum atomic E-state index is -0.788. The Kier molecular flexibility index (Phi) is 4.89. The average molecular weight is 242 g/mol. The van der Waals surface area contributed by atoms with E-state index in [1.54, 1.807) is 18.7 Å². The van der Waals surface area contributed by atoms with E-state index in [-0.39, 0.29) is 0 Å². The molecule has 0 amide bonds. The molecule has 0 spiro atoms. The second kappa shape index (κ2) is 5.97. The third-order valence-electron chi connectivity index (χ3n) is 2.11. The number of aromatic nitrogens is 2. The second-order valence-electron chi connectivity index (χ2n) is 4.82. The summed E-state index contributed by atoms with van der Waals surface area (Å²) in [4.78, 5) is 1.75. The fourth-order valence-corrected chi connectivity index (χ4v) is 1.49. The van der Waals surface area contributed by atoms with Gasteiger partial charge in [-0.2, -0.15) is 0 Å². The lowest BCUT2D eigenvalue weighted by molar-refractivity contribution is 0.0874. The molecule has 0 aliphatic heterocycles. The summed E-state index contributed by atoms with van der Waals surface area (Å²) in [6.07, 6.45) is 1.07. The van der Waals surface area contributed by atoms with Gasteiger partial charge in [-0.3, -0.25) is 0 Å². The largest absolute Gasteiger partial charge is 0.407 e. The monoisotopic (exact) mass is 242 g/mol. The van der Waals surface area contributed by atoms with E-state index in [2.05, 4.69) is 22.4 Å². The van der Waals surface area contributed by atoms with Gasteiger partial charge in [-0.05, 0) is 26.8 Å². The molecule has 2 N–H and O–H groups in total. The van der Waals surface area contributed by atoms with Gasteiger partial charge < -0.3 is 19.7 Å². The van der Waals surface area contributed by atoms with Gasteiger partial charge in [0.25, 0.3) is 0 Å². The predicted octanol–water partition coefficient (Wildman–Crippen LogP) is 0.776. The molecule has 17 heavy (non-hydrogen) atoms. The number of aliphatic hydroxyl groups is 1. The highest BCUT2D eigenvalue weighted by molar-refractivity contribution is 5.22. The fraction of sp³-hybridized carbons (Fsp3) is 0.818. The van der Waals surface area contributed by atoms with Gasteiger partial charge in [-0.1, -0.05) is 12.0 Å². The van der Waals surface area contributed by atoms with Crippen LogP contribution < -0.4 is 10.2 Å². The summed E-state index contributed by atoms with van der Waals surface area (Å²) in [5.41, 5.74) is -0.788. The Morgan fingerprint density at radius 3 is 2.71 bits per heavy atom. The van der Waals surface area contributed by atoms with E-state index in [0.29, 0.717) is 25.0 Å². The molecule has 0 atom stereocenters. The highest BCUT2D eigenvalue weighted by Crippen LogP contribution is 2.13. The van der Waals surface area contributed by atoms with Crippen LogP contribution in [-0.4, -0.2) is 41.0 Å². The Balaban J connectivity index is 2.49. The number of nitrogens with one attached hydrogen (secondary N) is 1. The quantitative estimate of drug-likeness (QED) is 0.688. The molecule has 0 aliphatic carbocycles. The van der Waals surface area contributed by atoms with Crippen molar-refractivity contribution >= 4 is 6.01 Å². The van der Waals surface area contributed by atoms with Crippen molar-refractivity contribution in [3.8, 4) is 0 Å². The van der Waals surface area contributed by atoms with Crippen LogP contribution in [-0.2, 0) is 6.54 Å². The predicted molar refractivity (Wildman–Crippen MR) is 65.9 cm³/mol. The van der Waals surface area contributed by atoms with E-state index in [4.69, 9.17) is 4.42 Å². The molecule has 6 heteroatoms. The van der Waals surface area contributed by atoms with Crippen LogP contribution in [0.15, 0.2) is 4.42 Å². The summed E-state index contributed by atoms with van der Waals surface area (Å²) in [5, 5.41) is 20.7. The van der Waals surface area contributed by atoms with Crippen molar-refractivity contribution < 1.29 is 9.52 Å². The molecule has 0 aliphatic rings. The van der Waals surface area contributed by atoms with E-state index < -0.39 is 5.60 Å². The molecule has 1 rings (SSSR count). The maximum Gasteiger partial charge on any atom is 0.318 e. The van der Waals surface area contributed by atoms with Crippen LogP contribution in [0.5, 0.6) is 0 Å². The van der Waals surface area contributed by atoms with E-state index >= 15 is 0 Å². The van der Waals surface area contributed by atoms with Crippen molar-refractivity contribution in [1.29, 1.82) is 0 Å². The number of nitrogens with zero attached hydrogens (tertiary/aromatic N) is 3. The number of rotatable bonds is 7. The first kappa shape index (κ1) is 13.9. The number of anilines is 1. The molecule has 0 aromatic carbocycles. The molecule has 0 saturated heterocycles. The minimum absolute atomic E-state index is 0.431. The molecule has 98 valence electrons. The molecule has 6 nitrogen and oxygen atoms in total. The maximum atomic E-state index is 9.69. The first-order valence-corrected chi connectivity index (χ1v) is 5.89. The van der Waals surface area contributed by atoms with E-state index in [1.807, 2.05) is 7.05 Å². The van der Waals surface area contributed by atoms with E-state index in [9.17, 15) is 5.11 Å². The summed E-state index contributed by atoms with van der Waals surface area (Å²) < 4.78 is 5.47. The van der Waals surface area contributed by atoms with Crippen LogP contribution >= 0.6 is 0 Å².